The van der Waals surface area contributed by atoms with Gasteiger partial charge in [0.1, 0.15) is 12.4 Å². The highest BCUT2D eigenvalue weighted by Gasteiger charge is 2.30. The zero-order chi connectivity index (χ0) is 17.1. The molecule has 0 saturated heterocycles. The number of nitrogens with one attached hydrogen (secondary N) is 1. The Balaban J connectivity index is 2.04. The van der Waals surface area contributed by atoms with E-state index in [-0.39, 0.29) is 18.0 Å². The van der Waals surface area contributed by atoms with E-state index in [1.54, 1.807) is 45.5 Å². The zero-order valence-electron chi connectivity index (χ0n) is 13.1. The van der Waals surface area contributed by atoms with Gasteiger partial charge in [-0.1, -0.05) is 12.1 Å². The molecule has 3 aromatic rings. The molecule has 3 rings (SSSR count). The van der Waals surface area contributed by atoms with Crippen LogP contribution in [-0.2, 0) is 6.54 Å². The molecule has 0 aliphatic heterocycles. The minimum atomic E-state index is -0.470. The zero-order valence-corrected chi connectivity index (χ0v) is 13.1. The fourth-order valence-electron chi connectivity index (χ4n) is 2.57. The van der Waals surface area contributed by atoms with E-state index in [0.29, 0.717) is 18.0 Å². The SMILES string of the molecule is Cc1cccc(NC(=O)c2c(O)[n+](CCC#N)c3ccccn23)n1. The number of hydrogen-bond acceptors (Lipinski definition) is 4. The molecule has 0 aromatic carbocycles. The summed E-state index contributed by atoms with van der Waals surface area (Å²) in [6.07, 6.45) is 1.92. The molecule has 1 amide bonds. The van der Waals surface area contributed by atoms with Crippen molar-refractivity contribution in [2.75, 3.05) is 5.32 Å². The molecule has 3 aromatic heterocycles. The first-order valence-electron chi connectivity index (χ1n) is 7.45. The molecule has 0 aliphatic carbocycles. The lowest BCUT2D eigenvalue weighted by molar-refractivity contribution is -0.675. The van der Waals surface area contributed by atoms with Gasteiger partial charge in [0, 0.05) is 11.8 Å². The number of nitrogens with zero attached hydrogens (tertiary/aromatic N) is 4. The highest BCUT2D eigenvalue weighted by Crippen LogP contribution is 2.18. The van der Waals surface area contributed by atoms with Crippen molar-refractivity contribution >= 4 is 17.4 Å². The predicted octanol–water partition coefficient (Wildman–Crippen LogP) is 1.80. The molecular weight excluding hydrogens is 306 g/mol. The van der Waals surface area contributed by atoms with Crippen molar-refractivity contribution in [1.29, 1.82) is 5.26 Å². The van der Waals surface area contributed by atoms with Crippen molar-refractivity contribution in [3.63, 3.8) is 0 Å². The maximum absolute atomic E-state index is 12.6. The van der Waals surface area contributed by atoms with E-state index < -0.39 is 5.91 Å². The van der Waals surface area contributed by atoms with Gasteiger partial charge in [-0.15, -0.1) is 0 Å². The van der Waals surface area contributed by atoms with Crippen LogP contribution in [-0.4, -0.2) is 20.4 Å². The number of aromatic hydroxyl groups is 1. The summed E-state index contributed by atoms with van der Waals surface area (Å²) in [4.78, 5) is 16.9. The minimum Gasteiger partial charge on any atom is -0.475 e. The third-order valence-corrected chi connectivity index (χ3v) is 3.62. The lowest BCUT2D eigenvalue weighted by atomic mass is 10.3. The second-order valence-corrected chi connectivity index (χ2v) is 5.28. The number of hydrogen-bond donors (Lipinski definition) is 2. The van der Waals surface area contributed by atoms with Gasteiger partial charge in [0.15, 0.2) is 0 Å². The molecule has 24 heavy (non-hydrogen) atoms. The summed E-state index contributed by atoms with van der Waals surface area (Å²) in [6.45, 7) is 2.13. The Bertz CT molecular complexity index is 955. The molecule has 0 aliphatic rings. The van der Waals surface area contributed by atoms with E-state index in [9.17, 15) is 9.90 Å². The second-order valence-electron chi connectivity index (χ2n) is 5.28. The molecule has 0 fully saturated rings. The molecule has 0 spiro atoms. The van der Waals surface area contributed by atoms with Crippen molar-refractivity contribution in [3.05, 3.63) is 54.0 Å². The maximum atomic E-state index is 12.6. The molecule has 7 nitrogen and oxygen atoms in total. The van der Waals surface area contributed by atoms with E-state index in [1.807, 2.05) is 19.1 Å². The van der Waals surface area contributed by atoms with Crippen molar-refractivity contribution in [1.82, 2.24) is 9.38 Å². The van der Waals surface area contributed by atoms with Gasteiger partial charge in [-0.05, 0) is 25.1 Å². The lowest BCUT2D eigenvalue weighted by Crippen LogP contribution is -2.33. The van der Waals surface area contributed by atoms with Gasteiger partial charge in [-0.2, -0.15) is 14.2 Å². The highest BCUT2D eigenvalue weighted by molar-refractivity contribution is 6.04. The molecule has 0 bridgehead atoms. The van der Waals surface area contributed by atoms with Crippen LogP contribution in [0.3, 0.4) is 0 Å². The Kier molecular flexibility index (Phi) is 4.12. The highest BCUT2D eigenvalue weighted by atomic mass is 16.3. The summed E-state index contributed by atoms with van der Waals surface area (Å²) >= 11 is 0. The van der Waals surface area contributed by atoms with Crippen LogP contribution in [0.4, 0.5) is 5.82 Å². The molecule has 120 valence electrons. The molecule has 0 unspecified atom stereocenters. The molecule has 0 atom stereocenters. The monoisotopic (exact) mass is 322 g/mol. The number of carbonyl (C=O) groups is 1. The summed E-state index contributed by atoms with van der Waals surface area (Å²) in [5.41, 5.74) is 1.51. The Labute approximate surface area is 138 Å². The molecule has 0 radical (unpaired) electrons. The Hall–Kier alpha value is -3.40. The number of imidazole rings is 1. The molecule has 3 heterocycles. The average molecular weight is 322 g/mol. The van der Waals surface area contributed by atoms with Crippen LogP contribution >= 0.6 is 0 Å². The predicted molar refractivity (Wildman–Crippen MR) is 86.4 cm³/mol. The number of nitriles is 1. The molecule has 7 heteroatoms. The topological polar surface area (TPSA) is 94.3 Å². The summed E-state index contributed by atoms with van der Waals surface area (Å²) in [7, 11) is 0. The van der Waals surface area contributed by atoms with Crippen LogP contribution in [0.25, 0.3) is 5.65 Å². The number of pyridine rings is 2. The van der Waals surface area contributed by atoms with E-state index in [1.165, 1.54) is 0 Å². The first-order valence-corrected chi connectivity index (χ1v) is 7.45. The average Bonchev–Trinajstić information content (AvgIpc) is 2.84. The minimum absolute atomic E-state index is 0.104. The number of aromatic nitrogens is 3. The van der Waals surface area contributed by atoms with E-state index in [2.05, 4.69) is 10.3 Å². The summed E-state index contributed by atoms with van der Waals surface area (Å²) < 4.78 is 3.14. The van der Waals surface area contributed by atoms with Crippen LogP contribution < -0.4 is 9.88 Å². The van der Waals surface area contributed by atoms with Gasteiger partial charge in [0.25, 0.3) is 11.3 Å². The molecule has 0 saturated carbocycles. The summed E-state index contributed by atoms with van der Waals surface area (Å²) in [5, 5.41) is 22.0. The van der Waals surface area contributed by atoms with Crippen LogP contribution in [0.1, 0.15) is 22.6 Å². The fraction of sp³-hybridized carbons (Fsp3) is 0.176. The van der Waals surface area contributed by atoms with E-state index in [0.717, 1.165) is 5.69 Å². The smallest absolute Gasteiger partial charge is 0.337 e. The van der Waals surface area contributed by atoms with Gasteiger partial charge < -0.3 is 10.4 Å². The van der Waals surface area contributed by atoms with Gasteiger partial charge >= 0.3 is 11.8 Å². The largest absolute Gasteiger partial charge is 0.475 e. The molecular formula is C17H16N5O2+. The normalized spacial score (nSPS) is 10.5. The number of rotatable bonds is 4. The number of fused-ring (bicyclic) bond motifs is 1. The number of aryl methyl sites for hydroxylation is 2. The fourth-order valence-corrected chi connectivity index (χ4v) is 2.57. The van der Waals surface area contributed by atoms with Gasteiger partial charge in [0.05, 0.1) is 18.7 Å². The van der Waals surface area contributed by atoms with E-state index in [4.69, 9.17) is 5.26 Å². The maximum Gasteiger partial charge on any atom is 0.337 e. The number of carbonyl (C=O) groups excluding carboxylic acids is 1. The Morgan fingerprint density at radius 3 is 2.96 bits per heavy atom. The van der Waals surface area contributed by atoms with Crippen LogP contribution in [0.2, 0.25) is 0 Å². The van der Waals surface area contributed by atoms with Crippen molar-refractivity contribution in [3.8, 4) is 11.9 Å². The quantitative estimate of drug-likeness (QED) is 0.716. The third kappa shape index (κ3) is 2.77. The third-order valence-electron chi connectivity index (χ3n) is 3.62. The Morgan fingerprint density at radius 2 is 2.21 bits per heavy atom. The number of amides is 1. The standard InChI is InChI=1S/C17H15N5O2/c1-12-6-4-7-13(19-12)20-16(23)15-17(24)22(11-5-9-18)14-8-2-3-10-21(14)15/h2-4,6-8,10H,5,11H2,1H3,(H-,19,20,23,24)/p+1. The van der Waals surface area contributed by atoms with Crippen LogP contribution in [0.5, 0.6) is 5.88 Å². The van der Waals surface area contributed by atoms with Crippen molar-refractivity contribution in [2.24, 2.45) is 0 Å². The molecule has 2 N–H and O–H groups in total. The lowest BCUT2D eigenvalue weighted by Gasteiger charge is -2.02. The van der Waals surface area contributed by atoms with Crippen molar-refractivity contribution in [2.45, 2.75) is 19.9 Å². The van der Waals surface area contributed by atoms with Crippen LogP contribution in [0.15, 0.2) is 42.6 Å². The first kappa shape index (κ1) is 15.5. The Morgan fingerprint density at radius 1 is 1.38 bits per heavy atom. The second kappa shape index (κ2) is 6.38. The van der Waals surface area contributed by atoms with Gasteiger partial charge in [-0.3, -0.25) is 4.79 Å². The summed E-state index contributed by atoms with van der Waals surface area (Å²) in [5.74, 6) is -0.238. The van der Waals surface area contributed by atoms with Crippen LogP contribution in [0, 0.1) is 18.3 Å². The summed E-state index contributed by atoms with van der Waals surface area (Å²) in [6, 6.07) is 12.7. The first-order chi connectivity index (χ1) is 11.6. The van der Waals surface area contributed by atoms with Gasteiger partial charge in [-0.25, -0.2) is 4.98 Å². The van der Waals surface area contributed by atoms with E-state index >= 15 is 0 Å². The van der Waals surface area contributed by atoms with Crippen molar-refractivity contribution < 1.29 is 14.5 Å². The number of anilines is 1. The van der Waals surface area contributed by atoms with Gasteiger partial charge in [0.2, 0.25) is 0 Å².